The number of H-pyrrole nitrogens is 1. The zero-order valence-corrected chi connectivity index (χ0v) is 17.3. The van der Waals surface area contributed by atoms with E-state index in [0.717, 1.165) is 0 Å². The molecule has 0 aliphatic rings. The molecule has 1 unspecified atom stereocenters. The number of nitrogens with two attached hydrogens (primary N) is 1. The standard InChI is InChI=1S/C19H18N8O7/c20-19-25-14-13(16(29)26-19)23-10(7-22-14)6-21-9-3-1-8(2-4-9)15(28)24-11(17(30)31)5-12(27-34)18(32)33/h1-4,7,11-12,21H,5-6H2,(H,24,28)(H,30,31)(H,32,33)(H3,20,22,25,26,29)/t11-,12?/m0/s1. The van der Waals surface area contributed by atoms with Gasteiger partial charge in [-0.25, -0.2) is 19.6 Å². The number of amides is 1. The molecule has 0 aliphatic carbocycles. The number of nitrogens with one attached hydrogen (secondary N) is 3. The number of nitrogens with zero attached hydrogens (tertiary/aromatic N) is 4. The van der Waals surface area contributed by atoms with Gasteiger partial charge in [0.25, 0.3) is 11.5 Å². The Balaban J connectivity index is 1.64. The van der Waals surface area contributed by atoms with E-state index in [9.17, 15) is 29.2 Å². The van der Waals surface area contributed by atoms with Crippen LogP contribution in [0.25, 0.3) is 11.2 Å². The minimum Gasteiger partial charge on any atom is -0.480 e. The maximum atomic E-state index is 12.4. The molecule has 0 saturated heterocycles. The highest BCUT2D eigenvalue weighted by Gasteiger charge is 2.29. The number of fused-ring (bicyclic) bond motifs is 1. The molecule has 0 fully saturated rings. The number of hydrogen-bond acceptors (Lipinski definition) is 11. The van der Waals surface area contributed by atoms with Crippen LogP contribution in [-0.2, 0) is 16.1 Å². The van der Waals surface area contributed by atoms with E-state index in [1.54, 1.807) is 12.1 Å². The van der Waals surface area contributed by atoms with Crippen LogP contribution < -0.4 is 21.9 Å². The molecule has 0 aliphatic heterocycles. The topological polar surface area (TPSA) is 243 Å². The number of nitrogen functional groups attached to an aromatic ring is 1. The number of carboxylic acids is 2. The Morgan fingerprint density at radius 1 is 1.12 bits per heavy atom. The third kappa shape index (κ3) is 5.64. The minimum atomic E-state index is -1.81. The first-order valence-electron chi connectivity index (χ1n) is 9.62. The van der Waals surface area contributed by atoms with Crippen LogP contribution in [0.2, 0.25) is 0 Å². The average Bonchev–Trinajstić information content (AvgIpc) is 2.80. The fourth-order valence-corrected chi connectivity index (χ4v) is 2.86. The number of aromatic nitrogens is 4. The van der Waals surface area contributed by atoms with E-state index in [1.807, 2.05) is 0 Å². The number of aliphatic carboxylic acids is 2. The lowest BCUT2D eigenvalue weighted by molar-refractivity contribution is -0.141. The Morgan fingerprint density at radius 3 is 2.44 bits per heavy atom. The summed E-state index contributed by atoms with van der Waals surface area (Å²) in [6, 6.07) is 2.47. The monoisotopic (exact) mass is 470 g/mol. The van der Waals surface area contributed by atoms with Crippen LogP contribution >= 0.6 is 0 Å². The molecule has 176 valence electrons. The largest absolute Gasteiger partial charge is 0.480 e. The van der Waals surface area contributed by atoms with Crippen molar-refractivity contribution < 1.29 is 24.6 Å². The summed E-state index contributed by atoms with van der Waals surface area (Å²) in [4.78, 5) is 71.6. The number of aromatic amines is 1. The SMILES string of the molecule is Nc1nc2ncc(CNc3ccc(C(=O)N[C@@H](CC(N=O)C(=O)O)C(=O)O)cc3)nc2c(=O)[nH]1. The van der Waals surface area contributed by atoms with Crippen LogP contribution in [0, 0.1) is 4.91 Å². The molecule has 1 aromatic carbocycles. The maximum absolute atomic E-state index is 12.4. The van der Waals surface area contributed by atoms with Crippen molar-refractivity contribution in [1.82, 2.24) is 25.3 Å². The highest BCUT2D eigenvalue weighted by molar-refractivity contribution is 5.97. The second kappa shape index (κ2) is 10.1. The van der Waals surface area contributed by atoms with Gasteiger partial charge < -0.3 is 26.6 Å². The molecule has 0 radical (unpaired) electrons. The van der Waals surface area contributed by atoms with Crippen molar-refractivity contribution in [2.24, 2.45) is 5.18 Å². The average molecular weight is 470 g/mol. The molecule has 34 heavy (non-hydrogen) atoms. The van der Waals surface area contributed by atoms with Crippen molar-refractivity contribution in [3.8, 4) is 0 Å². The predicted octanol–water partition coefficient (Wildman–Crippen LogP) is -0.300. The van der Waals surface area contributed by atoms with Crippen molar-refractivity contribution in [2.75, 3.05) is 11.1 Å². The summed E-state index contributed by atoms with van der Waals surface area (Å²) < 4.78 is 0. The maximum Gasteiger partial charge on any atom is 0.332 e. The summed E-state index contributed by atoms with van der Waals surface area (Å²) in [7, 11) is 0. The molecule has 15 nitrogen and oxygen atoms in total. The molecule has 1 amide bonds. The van der Waals surface area contributed by atoms with Crippen LogP contribution in [0.1, 0.15) is 22.5 Å². The number of hydrogen-bond donors (Lipinski definition) is 6. The number of anilines is 2. The molecule has 2 atom stereocenters. The van der Waals surface area contributed by atoms with Gasteiger partial charge >= 0.3 is 11.9 Å². The zero-order chi connectivity index (χ0) is 24.8. The van der Waals surface area contributed by atoms with Gasteiger partial charge in [0.15, 0.2) is 17.2 Å². The van der Waals surface area contributed by atoms with Crippen molar-refractivity contribution in [1.29, 1.82) is 0 Å². The van der Waals surface area contributed by atoms with Crippen molar-refractivity contribution in [3.05, 3.63) is 57.0 Å². The quantitative estimate of drug-likeness (QED) is 0.209. The van der Waals surface area contributed by atoms with Crippen LogP contribution in [0.4, 0.5) is 11.6 Å². The van der Waals surface area contributed by atoms with E-state index in [-0.39, 0.29) is 29.2 Å². The molecule has 3 rings (SSSR count). The second-order valence-corrected chi connectivity index (χ2v) is 6.98. The van der Waals surface area contributed by atoms with E-state index in [1.165, 1.54) is 18.3 Å². The van der Waals surface area contributed by atoms with Crippen molar-refractivity contribution in [2.45, 2.75) is 25.0 Å². The molecule has 0 spiro atoms. The van der Waals surface area contributed by atoms with Gasteiger partial charge in [0.1, 0.15) is 6.04 Å². The molecule has 2 aromatic heterocycles. The Bertz CT molecular complexity index is 1310. The van der Waals surface area contributed by atoms with Gasteiger partial charge in [-0.15, -0.1) is 4.91 Å². The van der Waals surface area contributed by atoms with Crippen molar-refractivity contribution >= 4 is 40.6 Å². The van der Waals surface area contributed by atoms with E-state index >= 15 is 0 Å². The third-order valence-corrected chi connectivity index (χ3v) is 4.58. The first kappa shape index (κ1) is 23.7. The first-order valence-corrected chi connectivity index (χ1v) is 9.62. The van der Waals surface area contributed by atoms with Gasteiger partial charge in [-0.2, -0.15) is 4.98 Å². The lowest BCUT2D eigenvalue weighted by Crippen LogP contribution is -2.43. The second-order valence-electron chi connectivity index (χ2n) is 6.98. The van der Waals surface area contributed by atoms with E-state index in [4.69, 9.17) is 10.8 Å². The summed E-state index contributed by atoms with van der Waals surface area (Å²) in [5.41, 5.74) is 6.20. The number of benzene rings is 1. The highest BCUT2D eigenvalue weighted by atomic mass is 16.4. The minimum absolute atomic E-state index is 0.0309. The Labute approximate surface area is 189 Å². The third-order valence-electron chi connectivity index (χ3n) is 4.58. The fourth-order valence-electron chi connectivity index (χ4n) is 2.86. The van der Waals surface area contributed by atoms with E-state index < -0.39 is 41.9 Å². The number of carboxylic acid groups (broad SMARTS) is 2. The van der Waals surface area contributed by atoms with Gasteiger partial charge in [-0.1, -0.05) is 5.18 Å². The Morgan fingerprint density at radius 2 is 1.82 bits per heavy atom. The summed E-state index contributed by atoms with van der Waals surface area (Å²) in [5.74, 6) is -3.94. The lowest BCUT2D eigenvalue weighted by atomic mass is 10.1. The van der Waals surface area contributed by atoms with Gasteiger partial charge in [-0.05, 0) is 24.3 Å². The molecular weight excluding hydrogens is 452 g/mol. The molecule has 2 heterocycles. The summed E-state index contributed by atoms with van der Waals surface area (Å²) in [6.07, 6.45) is 0.727. The van der Waals surface area contributed by atoms with Crippen molar-refractivity contribution in [3.63, 3.8) is 0 Å². The van der Waals surface area contributed by atoms with Crippen LogP contribution in [-0.4, -0.2) is 60.1 Å². The molecule has 0 bridgehead atoms. The van der Waals surface area contributed by atoms with E-state index in [0.29, 0.717) is 11.4 Å². The fraction of sp³-hybridized carbons (Fsp3) is 0.211. The molecule has 15 heteroatoms. The van der Waals surface area contributed by atoms with Gasteiger partial charge in [0.2, 0.25) is 5.95 Å². The molecule has 3 aromatic rings. The van der Waals surface area contributed by atoms with Gasteiger partial charge in [0.05, 0.1) is 18.4 Å². The Kier molecular flexibility index (Phi) is 7.05. The molecule has 0 saturated carbocycles. The first-order chi connectivity index (χ1) is 16.2. The van der Waals surface area contributed by atoms with Gasteiger partial charge in [-0.3, -0.25) is 14.6 Å². The summed E-state index contributed by atoms with van der Waals surface area (Å²) in [5, 5.41) is 25.6. The van der Waals surface area contributed by atoms with Crippen LogP contribution in [0.3, 0.4) is 0 Å². The summed E-state index contributed by atoms with van der Waals surface area (Å²) in [6.45, 7) is 0.189. The lowest BCUT2D eigenvalue weighted by Gasteiger charge is -2.15. The van der Waals surface area contributed by atoms with E-state index in [2.05, 4.69) is 35.7 Å². The highest BCUT2D eigenvalue weighted by Crippen LogP contribution is 2.13. The molecular formula is C19H18N8O7. The number of carbonyl (C=O) groups is 3. The number of rotatable bonds is 10. The van der Waals surface area contributed by atoms with Crippen LogP contribution in [0.15, 0.2) is 40.4 Å². The Hall–Kier alpha value is -4.95. The smallest absolute Gasteiger partial charge is 0.332 e. The molecule has 7 N–H and O–H groups in total. The normalized spacial score (nSPS) is 12.5. The zero-order valence-electron chi connectivity index (χ0n) is 17.3. The summed E-state index contributed by atoms with van der Waals surface area (Å²) >= 11 is 0. The number of nitroso groups, excluding NO2 is 1. The van der Waals surface area contributed by atoms with Gasteiger partial charge in [0, 0.05) is 17.7 Å². The predicted molar refractivity (Wildman–Crippen MR) is 117 cm³/mol. The number of carbonyl (C=O) groups excluding carboxylic acids is 1. The van der Waals surface area contributed by atoms with Crippen LogP contribution in [0.5, 0.6) is 0 Å².